The minimum atomic E-state index is -3.91. The molecule has 0 aliphatic carbocycles. The summed E-state index contributed by atoms with van der Waals surface area (Å²) in [6, 6.07) is 10.7. The van der Waals surface area contributed by atoms with Crippen LogP contribution in [0.5, 0.6) is 11.5 Å². The third-order valence-corrected chi connectivity index (χ3v) is 5.23. The van der Waals surface area contributed by atoms with Gasteiger partial charge in [-0.05, 0) is 47.4 Å². The highest BCUT2D eigenvalue weighted by Crippen LogP contribution is 2.31. The Labute approximate surface area is 174 Å². The number of benzene rings is 2. The first-order valence-electron chi connectivity index (χ1n) is 8.79. The van der Waals surface area contributed by atoms with Crippen LogP contribution < -0.4 is 14.2 Å². The van der Waals surface area contributed by atoms with E-state index in [-0.39, 0.29) is 16.4 Å². The Morgan fingerprint density at radius 3 is 2.00 bits per heavy atom. The monoisotopic (exact) mass is 431 g/mol. The number of esters is 2. The van der Waals surface area contributed by atoms with Crippen LogP contribution in [0, 0.1) is 0 Å². The molecule has 0 bridgehead atoms. The van der Waals surface area contributed by atoms with Gasteiger partial charge < -0.3 is 9.47 Å². The van der Waals surface area contributed by atoms with Crippen molar-refractivity contribution in [2.45, 2.75) is 32.1 Å². The Morgan fingerprint density at radius 2 is 1.47 bits per heavy atom. The first-order chi connectivity index (χ1) is 14.0. The first-order valence-corrected chi connectivity index (χ1v) is 10.3. The van der Waals surface area contributed by atoms with Crippen LogP contribution in [-0.4, -0.2) is 26.3 Å². The summed E-state index contributed by atoms with van der Waals surface area (Å²) in [5.41, 5.74) is 2.10. The van der Waals surface area contributed by atoms with Gasteiger partial charge in [-0.1, -0.05) is 24.8 Å². The summed E-state index contributed by atoms with van der Waals surface area (Å²) >= 11 is 0. The van der Waals surface area contributed by atoms with Crippen LogP contribution in [0.3, 0.4) is 0 Å². The number of hydrogen-bond acceptors (Lipinski definition) is 7. The second kappa shape index (κ2) is 9.36. The number of sulfonamides is 1. The Balaban J connectivity index is 2.22. The lowest BCUT2D eigenvalue weighted by atomic mass is 9.99. The number of carbonyl (C=O) groups is 3. The van der Waals surface area contributed by atoms with Crippen molar-refractivity contribution in [1.82, 2.24) is 4.72 Å². The zero-order valence-corrected chi connectivity index (χ0v) is 17.5. The van der Waals surface area contributed by atoms with Crippen molar-refractivity contribution >= 4 is 33.4 Å². The van der Waals surface area contributed by atoms with Gasteiger partial charge in [0, 0.05) is 20.8 Å². The molecule has 0 heterocycles. The predicted molar refractivity (Wildman–Crippen MR) is 109 cm³/mol. The molecule has 2 aromatic rings. The molecule has 0 unspecified atom stereocenters. The van der Waals surface area contributed by atoms with Gasteiger partial charge in [-0.2, -0.15) is 0 Å². The summed E-state index contributed by atoms with van der Waals surface area (Å²) in [5.74, 6) is -1.55. The number of rotatable bonds is 7. The van der Waals surface area contributed by atoms with Crippen molar-refractivity contribution < 1.29 is 32.3 Å². The number of ether oxygens (including phenoxy) is 2. The van der Waals surface area contributed by atoms with Crippen LogP contribution >= 0.6 is 0 Å². The van der Waals surface area contributed by atoms with E-state index in [0.29, 0.717) is 17.6 Å². The van der Waals surface area contributed by atoms with Crippen molar-refractivity contribution in [2.24, 2.45) is 0 Å². The molecular weight excluding hydrogens is 410 g/mol. The number of nitrogens with one attached hydrogen (secondary N) is 1. The van der Waals surface area contributed by atoms with Gasteiger partial charge in [-0.3, -0.25) is 14.4 Å². The molecular formula is C21H21NO7S. The van der Waals surface area contributed by atoms with Crippen molar-refractivity contribution in [3.05, 3.63) is 60.2 Å². The zero-order valence-electron chi connectivity index (χ0n) is 16.7. The van der Waals surface area contributed by atoms with E-state index in [9.17, 15) is 22.8 Å². The van der Waals surface area contributed by atoms with Crippen molar-refractivity contribution in [1.29, 1.82) is 0 Å². The molecule has 0 aromatic heterocycles. The second-order valence-corrected chi connectivity index (χ2v) is 8.12. The van der Waals surface area contributed by atoms with Gasteiger partial charge in [-0.25, -0.2) is 13.1 Å². The summed E-state index contributed by atoms with van der Waals surface area (Å²) in [6.45, 7) is 7.60. The molecule has 2 rings (SSSR count). The predicted octanol–water partition coefficient (Wildman–Crippen LogP) is 2.62. The molecule has 0 saturated heterocycles. The molecule has 1 amide bonds. The largest absolute Gasteiger partial charge is 0.423 e. The molecule has 0 atom stereocenters. The minimum absolute atomic E-state index is 0.0443. The molecule has 2 aromatic carbocycles. The summed E-state index contributed by atoms with van der Waals surface area (Å²) in [5, 5.41) is 0. The maximum Gasteiger partial charge on any atom is 0.308 e. The van der Waals surface area contributed by atoms with E-state index in [1.165, 1.54) is 32.0 Å². The third kappa shape index (κ3) is 6.28. The Kier molecular flexibility index (Phi) is 7.12. The van der Waals surface area contributed by atoms with Gasteiger partial charge in [-0.15, -0.1) is 0 Å². The van der Waals surface area contributed by atoms with Crippen LogP contribution in [0.2, 0.25) is 0 Å². The van der Waals surface area contributed by atoms with Gasteiger partial charge in [0.05, 0.1) is 4.90 Å². The molecule has 158 valence electrons. The summed E-state index contributed by atoms with van der Waals surface area (Å²) in [4.78, 5) is 33.5. The molecule has 0 spiro atoms. The standard InChI is InChI=1S/C21H21NO7S/c1-13(18-6-8-19(9-7-18)30(26,27)22-14(2)23)11-17-5-10-20(28-15(3)24)21(12-17)29-16(4)25/h5-10,12H,1,11H2,2-4H3,(H,22,23). The average molecular weight is 431 g/mol. The van der Waals surface area contributed by atoms with Crippen LogP contribution in [0.4, 0.5) is 0 Å². The van der Waals surface area contributed by atoms with E-state index < -0.39 is 27.9 Å². The average Bonchev–Trinajstić information content (AvgIpc) is 2.62. The molecule has 0 aliphatic rings. The van der Waals surface area contributed by atoms with Gasteiger partial charge in [0.25, 0.3) is 10.0 Å². The summed E-state index contributed by atoms with van der Waals surface area (Å²) < 4.78 is 36.1. The fraction of sp³-hybridized carbons (Fsp3) is 0.190. The normalized spacial score (nSPS) is 10.8. The lowest BCUT2D eigenvalue weighted by Crippen LogP contribution is -2.28. The van der Waals surface area contributed by atoms with E-state index >= 15 is 0 Å². The maximum absolute atomic E-state index is 12.0. The quantitative estimate of drug-likeness (QED) is 0.529. The second-order valence-electron chi connectivity index (χ2n) is 6.43. The SMILES string of the molecule is C=C(Cc1ccc(OC(C)=O)c(OC(C)=O)c1)c1ccc(S(=O)(=O)NC(C)=O)cc1. The number of hydrogen-bond donors (Lipinski definition) is 1. The van der Waals surface area contributed by atoms with Crippen molar-refractivity contribution in [3.63, 3.8) is 0 Å². The number of amides is 1. The van der Waals surface area contributed by atoms with Crippen molar-refractivity contribution in [2.75, 3.05) is 0 Å². The fourth-order valence-electron chi connectivity index (χ4n) is 2.60. The third-order valence-electron chi connectivity index (χ3n) is 3.78. The first kappa shape index (κ1) is 22.8. The van der Waals surface area contributed by atoms with Gasteiger partial charge in [0.2, 0.25) is 5.91 Å². The molecule has 30 heavy (non-hydrogen) atoms. The van der Waals surface area contributed by atoms with Gasteiger partial charge in [0.1, 0.15) is 0 Å². The highest BCUT2D eigenvalue weighted by atomic mass is 32.2. The number of carbonyl (C=O) groups excluding carboxylic acids is 3. The molecule has 0 saturated carbocycles. The van der Waals surface area contributed by atoms with Gasteiger partial charge in [0.15, 0.2) is 11.5 Å². The van der Waals surface area contributed by atoms with E-state index in [1.807, 2.05) is 4.72 Å². The number of allylic oxidation sites excluding steroid dienone is 1. The maximum atomic E-state index is 12.0. The lowest BCUT2D eigenvalue weighted by Gasteiger charge is -2.12. The van der Waals surface area contributed by atoms with E-state index in [2.05, 4.69) is 6.58 Å². The Morgan fingerprint density at radius 1 is 0.900 bits per heavy atom. The lowest BCUT2D eigenvalue weighted by molar-refractivity contribution is -0.134. The van der Waals surface area contributed by atoms with Crippen LogP contribution in [0.15, 0.2) is 53.9 Å². The zero-order chi connectivity index (χ0) is 22.5. The summed E-state index contributed by atoms with van der Waals surface area (Å²) in [7, 11) is -3.91. The topological polar surface area (TPSA) is 116 Å². The highest BCUT2D eigenvalue weighted by molar-refractivity contribution is 7.90. The molecule has 0 fully saturated rings. The van der Waals surface area contributed by atoms with E-state index in [0.717, 1.165) is 12.5 Å². The van der Waals surface area contributed by atoms with E-state index in [1.54, 1.807) is 24.3 Å². The minimum Gasteiger partial charge on any atom is -0.423 e. The van der Waals surface area contributed by atoms with Gasteiger partial charge >= 0.3 is 11.9 Å². The fourth-order valence-corrected chi connectivity index (χ4v) is 3.59. The highest BCUT2D eigenvalue weighted by Gasteiger charge is 2.16. The van der Waals surface area contributed by atoms with Crippen LogP contribution in [0.1, 0.15) is 31.9 Å². The molecule has 9 heteroatoms. The van der Waals surface area contributed by atoms with Crippen LogP contribution in [-0.2, 0) is 30.8 Å². The summed E-state index contributed by atoms with van der Waals surface area (Å²) in [6.07, 6.45) is 0.367. The Hall–Kier alpha value is -3.46. The van der Waals surface area contributed by atoms with Crippen molar-refractivity contribution in [3.8, 4) is 11.5 Å². The molecule has 1 N–H and O–H groups in total. The smallest absolute Gasteiger partial charge is 0.308 e. The molecule has 0 aliphatic heterocycles. The van der Waals surface area contributed by atoms with Crippen LogP contribution in [0.25, 0.3) is 5.57 Å². The Bertz CT molecular complexity index is 1100. The van der Waals surface area contributed by atoms with E-state index in [4.69, 9.17) is 9.47 Å². The molecule has 8 nitrogen and oxygen atoms in total. The molecule has 0 radical (unpaired) electrons.